The summed E-state index contributed by atoms with van der Waals surface area (Å²) in [6, 6.07) is 15.9. The number of rotatable bonds is 7. The molecule has 4 heterocycles. The van der Waals surface area contributed by atoms with E-state index in [1.165, 1.54) is 0 Å². The van der Waals surface area contributed by atoms with Gasteiger partial charge in [-0.25, -0.2) is 4.98 Å². The number of nitrogens with one attached hydrogen (secondary N) is 1. The number of aromatic nitrogens is 2. The zero-order valence-corrected chi connectivity index (χ0v) is 23.4. The second-order valence-electron chi connectivity index (χ2n) is 10.2. The van der Waals surface area contributed by atoms with Crippen LogP contribution in [-0.4, -0.2) is 53.1 Å². The number of pyridine rings is 1. The smallest absolute Gasteiger partial charge is 0.272 e. The summed E-state index contributed by atoms with van der Waals surface area (Å²) >= 11 is 1.64. The van der Waals surface area contributed by atoms with E-state index in [0.29, 0.717) is 22.9 Å². The van der Waals surface area contributed by atoms with Crippen molar-refractivity contribution in [2.75, 3.05) is 37.8 Å². The van der Waals surface area contributed by atoms with Crippen LogP contribution in [0.5, 0.6) is 5.75 Å². The molecule has 204 valence electrons. The fourth-order valence-corrected chi connectivity index (χ4v) is 6.51. The number of benzene rings is 2. The van der Waals surface area contributed by atoms with Crippen molar-refractivity contribution < 1.29 is 9.53 Å². The number of fused-ring (bicyclic) bond motifs is 2. The molecule has 1 saturated heterocycles. The first-order valence-electron chi connectivity index (χ1n) is 13.3. The van der Waals surface area contributed by atoms with Crippen LogP contribution in [0.15, 0.2) is 66.2 Å². The van der Waals surface area contributed by atoms with Crippen LogP contribution >= 0.6 is 11.3 Å². The van der Waals surface area contributed by atoms with Gasteiger partial charge in [0.05, 0.1) is 12.8 Å². The number of carbonyl (C=O) groups is 1. The van der Waals surface area contributed by atoms with Gasteiger partial charge in [-0.1, -0.05) is 36.4 Å². The van der Waals surface area contributed by atoms with Gasteiger partial charge in [-0.2, -0.15) is 0 Å². The predicted octanol–water partition coefficient (Wildman–Crippen LogP) is 5.34. The minimum Gasteiger partial charge on any atom is -0.495 e. The summed E-state index contributed by atoms with van der Waals surface area (Å²) in [5.41, 5.74) is 17.5. The number of likely N-dealkylation sites (tertiary alicyclic amines) is 1. The van der Waals surface area contributed by atoms with Gasteiger partial charge in [0.25, 0.3) is 5.91 Å². The topological polar surface area (TPSA) is 111 Å². The Morgan fingerprint density at radius 2 is 2.10 bits per heavy atom. The quantitative estimate of drug-likeness (QED) is 0.251. The molecule has 0 aliphatic carbocycles. The number of hydrogen-bond donors (Lipinski definition) is 3. The van der Waals surface area contributed by atoms with Gasteiger partial charge in [0.1, 0.15) is 17.3 Å². The molecule has 0 spiro atoms. The van der Waals surface area contributed by atoms with E-state index in [1.54, 1.807) is 18.4 Å². The minimum absolute atomic E-state index is 0.202. The van der Waals surface area contributed by atoms with E-state index in [9.17, 15) is 4.79 Å². The Kier molecular flexibility index (Phi) is 7.02. The SMILES string of the molecule is COc1cc(-c2csc3c(C=CCN4CCC(N)C4)cnc(N)c23)ccc1NC(=O)c1cc2ccccc2n1C. The van der Waals surface area contributed by atoms with Crippen molar-refractivity contribution in [1.29, 1.82) is 0 Å². The molecule has 5 aromatic rings. The highest BCUT2D eigenvalue weighted by atomic mass is 32.1. The monoisotopic (exact) mass is 552 g/mol. The number of ether oxygens (including phenoxy) is 1. The first kappa shape index (κ1) is 26.1. The highest BCUT2D eigenvalue weighted by Gasteiger charge is 2.19. The minimum atomic E-state index is -0.202. The van der Waals surface area contributed by atoms with Crippen molar-refractivity contribution in [2.24, 2.45) is 12.8 Å². The van der Waals surface area contributed by atoms with Crippen LogP contribution < -0.4 is 21.5 Å². The third-order valence-corrected chi connectivity index (χ3v) is 8.60. The number of aryl methyl sites for hydroxylation is 1. The lowest BCUT2D eigenvalue weighted by Gasteiger charge is -2.13. The predicted molar refractivity (Wildman–Crippen MR) is 165 cm³/mol. The summed E-state index contributed by atoms with van der Waals surface area (Å²) in [6.45, 7) is 2.83. The first-order chi connectivity index (χ1) is 19.4. The lowest BCUT2D eigenvalue weighted by Crippen LogP contribution is -2.26. The summed E-state index contributed by atoms with van der Waals surface area (Å²) in [6.07, 6.45) is 7.16. The van der Waals surface area contributed by atoms with Gasteiger partial charge >= 0.3 is 0 Å². The molecule has 1 aliphatic rings. The van der Waals surface area contributed by atoms with Gasteiger partial charge in [-0.05, 0) is 41.6 Å². The maximum atomic E-state index is 13.2. The van der Waals surface area contributed by atoms with Crippen molar-refractivity contribution in [1.82, 2.24) is 14.5 Å². The Morgan fingerprint density at radius 3 is 2.88 bits per heavy atom. The highest BCUT2D eigenvalue weighted by molar-refractivity contribution is 7.18. The molecule has 1 aliphatic heterocycles. The Balaban J connectivity index is 1.27. The standard InChI is InChI=1S/C31H32N6O2S/c1-36-25-8-4-3-6-20(25)14-26(36)31(38)35-24-10-9-19(15-27(24)39-2)23-18-40-29-21(16-34-30(33)28(23)29)7-5-12-37-13-11-22(32)17-37/h3-10,14-16,18,22H,11-13,17,32H2,1-2H3,(H2,33,34)(H,35,38). The molecule has 0 radical (unpaired) electrons. The number of nitrogens with two attached hydrogens (primary N) is 2. The van der Waals surface area contributed by atoms with Crippen LogP contribution in [-0.2, 0) is 7.05 Å². The zero-order valence-electron chi connectivity index (χ0n) is 22.6. The summed E-state index contributed by atoms with van der Waals surface area (Å²) in [7, 11) is 3.49. The Labute approximate surface area is 236 Å². The van der Waals surface area contributed by atoms with E-state index in [4.69, 9.17) is 16.2 Å². The number of amides is 1. The van der Waals surface area contributed by atoms with Crippen molar-refractivity contribution in [3.05, 3.63) is 77.4 Å². The van der Waals surface area contributed by atoms with Crippen LogP contribution in [0.4, 0.5) is 11.5 Å². The molecular weight excluding hydrogens is 520 g/mol. The number of nitrogen functional groups attached to an aromatic ring is 1. The van der Waals surface area contributed by atoms with E-state index >= 15 is 0 Å². The zero-order chi connectivity index (χ0) is 27.8. The number of hydrogen-bond acceptors (Lipinski definition) is 7. The van der Waals surface area contributed by atoms with Crippen LogP contribution in [0, 0.1) is 0 Å². The number of anilines is 2. The maximum absolute atomic E-state index is 13.2. The summed E-state index contributed by atoms with van der Waals surface area (Å²) in [4.78, 5) is 20.1. The molecule has 0 bridgehead atoms. The summed E-state index contributed by atoms with van der Waals surface area (Å²) in [5, 5.41) is 7.05. The molecule has 40 heavy (non-hydrogen) atoms. The van der Waals surface area contributed by atoms with Crippen molar-refractivity contribution in [3.8, 4) is 16.9 Å². The van der Waals surface area contributed by atoms with Crippen LogP contribution in [0.25, 0.3) is 38.2 Å². The van der Waals surface area contributed by atoms with Gasteiger partial charge in [-0.3, -0.25) is 9.69 Å². The van der Waals surface area contributed by atoms with Crippen molar-refractivity contribution in [3.63, 3.8) is 0 Å². The normalized spacial score (nSPS) is 15.9. The summed E-state index contributed by atoms with van der Waals surface area (Å²) in [5.74, 6) is 0.850. The second-order valence-corrected chi connectivity index (χ2v) is 11.1. The highest BCUT2D eigenvalue weighted by Crippen LogP contribution is 2.41. The first-order valence-corrected chi connectivity index (χ1v) is 14.1. The molecule has 5 N–H and O–H groups in total. The van der Waals surface area contributed by atoms with E-state index in [1.807, 2.05) is 66.3 Å². The molecule has 1 atom stereocenters. The Hall–Kier alpha value is -4.18. The lowest BCUT2D eigenvalue weighted by atomic mass is 10.0. The fraction of sp³-hybridized carbons (Fsp3) is 0.226. The molecule has 9 heteroatoms. The second kappa shape index (κ2) is 10.8. The molecule has 2 aromatic carbocycles. The van der Waals surface area contributed by atoms with Crippen LogP contribution in [0.3, 0.4) is 0 Å². The molecule has 6 rings (SSSR count). The molecule has 0 saturated carbocycles. The van der Waals surface area contributed by atoms with Gasteiger partial charge < -0.3 is 26.1 Å². The largest absolute Gasteiger partial charge is 0.495 e. The third kappa shape index (κ3) is 4.83. The van der Waals surface area contributed by atoms with E-state index in [2.05, 4.69) is 32.7 Å². The van der Waals surface area contributed by atoms with Gasteiger partial charge in [0.15, 0.2) is 0 Å². The van der Waals surface area contributed by atoms with Gasteiger partial charge in [0.2, 0.25) is 0 Å². The number of nitrogens with zero attached hydrogens (tertiary/aromatic N) is 3. The van der Waals surface area contributed by atoms with E-state index in [0.717, 1.165) is 63.7 Å². The number of carbonyl (C=O) groups excluding carboxylic acids is 1. The molecule has 8 nitrogen and oxygen atoms in total. The number of methoxy groups -OCH3 is 1. The molecule has 1 unspecified atom stereocenters. The van der Waals surface area contributed by atoms with Crippen molar-refractivity contribution >= 4 is 55.8 Å². The maximum Gasteiger partial charge on any atom is 0.272 e. The Bertz CT molecular complexity index is 1750. The van der Waals surface area contributed by atoms with Gasteiger partial charge in [-0.15, -0.1) is 11.3 Å². The molecule has 1 amide bonds. The van der Waals surface area contributed by atoms with E-state index in [-0.39, 0.29) is 11.9 Å². The number of para-hydroxylation sites is 1. The van der Waals surface area contributed by atoms with Crippen LogP contribution in [0.2, 0.25) is 0 Å². The van der Waals surface area contributed by atoms with Crippen molar-refractivity contribution in [2.45, 2.75) is 12.5 Å². The molecule has 1 fully saturated rings. The van der Waals surface area contributed by atoms with Gasteiger partial charge in [0, 0.05) is 71.0 Å². The molecular formula is C31H32N6O2S. The Morgan fingerprint density at radius 1 is 1.25 bits per heavy atom. The average Bonchev–Trinajstić information content (AvgIpc) is 3.68. The summed E-state index contributed by atoms with van der Waals surface area (Å²) < 4.78 is 8.68. The average molecular weight is 553 g/mol. The van der Waals surface area contributed by atoms with Crippen LogP contribution in [0.1, 0.15) is 22.5 Å². The number of thiophene rings is 1. The fourth-order valence-electron chi connectivity index (χ4n) is 5.43. The lowest BCUT2D eigenvalue weighted by molar-refractivity contribution is 0.101. The third-order valence-electron chi connectivity index (χ3n) is 7.57. The van der Waals surface area contributed by atoms with E-state index < -0.39 is 0 Å². The molecule has 3 aromatic heterocycles.